The van der Waals surface area contributed by atoms with Crippen LogP contribution in [0.2, 0.25) is 0 Å². The zero-order chi connectivity index (χ0) is 16.7. The van der Waals surface area contributed by atoms with Crippen LogP contribution in [0.25, 0.3) is 0 Å². The summed E-state index contributed by atoms with van der Waals surface area (Å²) in [6, 6.07) is 8.06. The molecule has 1 aliphatic heterocycles. The molecule has 1 aromatic rings. The highest BCUT2D eigenvalue weighted by Gasteiger charge is 2.27. The molecule has 2 unspecified atom stereocenters. The van der Waals surface area contributed by atoms with Crippen molar-refractivity contribution in [1.29, 1.82) is 0 Å². The van der Waals surface area contributed by atoms with E-state index in [0.29, 0.717) is 19.6 Å². The first-order chi connectivity index (χ1) is 11.1. The van der Waals surface area contributed by atoms with E-state index in [1.807, 2.05) is 24.3 Å². The normalized spacial score (nSPS) is 19.5. The zero-order valence-electron chi connectivity index (χ0n) is 13.6. The van der Waals surface area contributed by atoms with Crippen molar-refractivity contribution in [3.63, 3.8) is 0 Å². The summed E-state index contributed by atoms with van der Waals surface area (Å²) in [5, 5.41) is 21.2. The first-order valence-electron chi connectivity index (χ1n) is 8.16. The fraction of sp³-hybridized carbons (Fsp3) is 0.588. The molecule has 6 heteroatoms. The number of aliphatic hydroxyl groups excluding tert-OH is 2. The average Bonchev–Trinajstić information content (AvgIpc) is 3.00. The minimum Gasteiger partial charge on any atom is -0.494 e. The molecule has 0 aromatic heterocycles. The molecule has 0 saturated carbocycles. The highest BCUT2D eigenvalue weighted by molar-refractivity contribution is 5.76. The van der Waals surface area contributed by atoms with Gasteiger partial charge in [-0.15, -0.1) is 0 Å². The molecule has 3 N–H and O–H groups in total. The number of rotatable bonds is 8. The summed E-state index contributed by atoms with van der Waals surface area (Å²) in [4.78, 5) is 13.0. The van der Waals surface area contributed by atoms with Crippen LogP contribution in [0.3, 0.4) is 0 Å². The molecule has 1 fully saturated rings. The lowest BCUT2D eigenvalue weighted by molar-refractivity contribution is -0.123. The van der Waals surface area contributed by atoms with Crippen molar-refractivity contribution in [3.8, 4) is 5.75 Å². The van der Waals surface area contributed by atoms with Gasteiger partial charge in [0.1, 0.15) is 18.6 Å². The largest absolute Gasteiger partial charge is 0.494 e. The minimum absolute atomic E-state index is 0.153. The van der Waals surface area contributed by atoms with Crippen LogP contribution >= 0.6 is 0 Å². The maximum atomic E-state index is 10.9. The summed E-state index contributed by atoms with van der Waals surface area (Å²) >= 11 is 0. The summed E-state index contributed by atoms with van der Waals surface area (Å²) in [7, 11) is 0. The summed E-state index contributed by atoms with van der Waals surface area (Å²) in [6.07, 6.45) is 2.18. The van der Waals surface area contributed by atoms with Crippen molar-refractivity contribution in [1.82, 2.24) is 10.2 Å². The highest BCUT2D eigenvalue weighted by atomic mass is 16.5. The summed E-state index contributed by atoms with van der Waals surface area (Å²) < 4.78 is 5.71. The molecule has 1 aromatic carbocycles. The predicted octanol–water partition coefficient (Wildman–Crippen LogP) is 1.04. The molecular formula is C17H26N2O4. The van der Waals surface area contributed by atoms with Gasteiger partial charge < -0.3 is 20.3 Å². The van der Waals surface area contributed by atoms with Gasteiger partial charge in [-0.25, -0.2) is 0 Å². The number of hydrogen-bond acceptors (Lipinski definition) is 5. The van der Waals surface area contributed by atoms with Crippen molar-refractivity contribution in [2.75, 3.05) is 26.3 Å². The van der Waals surface area contributed by atoms with E-state index in [1.54, 1.807) is 0 Å². The van der Waals surface area contributed by atoms with E-state index in [4.69, 9.17) is 9.84 Å². The number of nitrogens with zero attached hydrogens (tertiary/aromatic N) is 1. The maximum Gasteiger partial charge on any atom is 0.245 e. The first-order valence-corrected chi connectivity index (χ1v) is 8.16. The second-order valence-corrected chi connectivity index (χ2v) is 5.82. The molecule has 2 rings (SSSR count). The Kier molecular flexibility index (Phi) is 6.83. The molecule has 0 aliphatic carbocycles. The molecule has 0 bridgehead atoms. The third-order valence-corrected chi connectivity index (χ3v) is 4.16. The number of amides is 1. The molecule has 23 heavy (non-hydrogen) atoms. The van der Waals surface area contributed by atoms with Crippen molar-refractivity contribution in [2.45, 2.75) is 38.5 Å². The Morgan fingerprint density at radius 3 is 3.04 bits per heavy atom. The van der Waals surface area contributed by atoms with Gasteiger partial charge in [0.05, 0.1) is 6.61 Å². The number of likely N-dealkylation sites (tertiary alicyclic amines) is 1. The fourth-order valence-corrected chi connectivity index (χ4v) is 2.82. The van der Waals surface area contributed by atoms with Gasteiger partial charge in [-0.2, -0.15) is 0 Å². The van der Waals surface area contributed by atoms with E-state index in [9.17, 15) is 9.90 Å². The molecule has 1 saturated heterocycles. The van der Waals surface area contributed by atoms with Crippen LogP contribution in [0.5, 0.6) is 5.75 Å². The standard InChI is InChI=1S/C17H26N2O4/c1-13(19-9-3-7-17(19)22)14-5-2-6-15(11-14)23-10-4-8-18-16(21)12-20/h2,5-6,11,13,17,20,22H,3-4,7-10,12H2,1H3,(H,18,21). The molecule has 2 atom stereocenters. The topological polar surface area (TPSA) is 82.0 Å². The monoisotopic (exact) mass is 322 g/mol. The van der Waals surface area contributed by atoms with E-state index in [2.05, 4.69) is 17.1 Å². The van der Waals surface area contributed by atoms with Crippen LogP contribution in [-0.2, 0) is 4.79 Å². The lowest BCUT2D eigenvalue weighted by atomic mass is 10.1. The van der Waals surface area contributed by atoms with Gasteiger partial charge in [0.2, 0.25) is 5.91 Å². The van der Waals surface area contributed by atoms with Gasteiger partial charge in [0.15, 0.2) is 0 Å². The van der Waals surface area contributed by atoms with Crippen molar-refractivity contribution in [3.05, 3.63) is 29.8 Å². The molecule has 128 valence electrons. The Balaban J connectivity index is 1.81. The Morgan fingerprint density at radius 2 is 2.35 bits per heavy atom. The van der Waals surface area contributed by atoms with Crippen molar-refractivity contribution in [2.24, 2.45) is 0 Å². The Bertz CT molecular complexity index is 509. The second kappa shape index (κ2) is 8.86. The Hall–Kier alpha value is -1.63. The van der Waals surface area contributed by atoms with Gasteiger partial charge >= 0.3 is 0 Å². The molecule has 6 nitrogen and oxygen atoms in total. The second-order valence-electron chi connectivity index (χ2n) is 5.82. The zero-order valence-corrected chi connectivity index (χ0v) is 13.6. The lowest BCUT2D eigenvalue weighted by Crippen LogP contribution is -2.31. The molecule has 1 aliphatic rings. The Morgan fingerprint density at radius 1 is 1.52 bits per heavy atom. The molecule has 0 radical (unpaired) electrons. The summed E-state index contributed by atoms with van der Waals surface area (Å²) in [5.41, 5.74) is 1.12. The molecule has 1 amide bonds. The van der Waals surface area contributed by atoms with E-state index in [0.717, 1.165) is 30.7 Å². The first kappa shape index (κ1) is 17.7. The molecular weight excluding hydrogens is 296 g/mol. The third kappa shape index (κ3) is 5.20. The van der Waals surface area contributed by atoms with Crippen LogP contribution < -0.4 is 10.1 Å². The number of benzene rings is 1. The molecule has 0 spiro atoms. The third-order valence-electron chi connectivity index (χ3n) is 4.16. The van der Waals surface area contributed by atoms with E-state index in [-0.39, 0.29) is 18.2 Å². The van der Waals surface area contributed by atoms with E-state index < -0.39 is 6.61 Å². The van der Waals surface area contributed by atoms with Crippen LogP contribution in [0, 0.1) is 0 Å². The van der Waals surface area contributed by atoms with E-state index in [1.165, 1.54) is 0 Å². The van der Waals surface area contributed by atoms with Crippen molar-refractivity contribution < 1.29 is 19.7 Å². The quantitative estimate of drug-likeness (QED) is 0.623. The number of hydrogen-bond donors (Lipinski definition) is 3. The van der Waals surface area contributed by atoms with Crippen LogP contribution in [0.4, 0.5) is 0 Å². The highest BCUT2D eigenvalue weighted by Crippen LogP contribution is 2.29. The number of aliphatic hydroxyl groups is 2. The summed E-state index contributed by atoms with van der Waals surface area (Å²) in [6.45, 7) is 3.50. The van der Waals surface area contributed by atoms with Gasteiger partial charge in [-0.05, 0) is 43.9 Å². The molecule has 1 heterocycles. The van der Waals surface area contributed by atoms with Crippen LogP contribution in [0.15, 0.2) is 24.3 Å². The number of ether oxygens (including phenoxy) is 1. The number of nitrogens with one attached hydrogen (secondary N) is 1. The van der Waals surface area contributed by atoms with Crippen LogP contribution in [-0.4, -0.2) is 53.6 Å². The smallest absolute Gasteiger partial charge is 0.245 e. The SMILES string of the molecule is CC(c1cccc(OCCCNC(=O)CO)c1)N1CCCC1O. The maximum absolute atomic E-state index is 10.9. The van der Waals surface area contributed by atoms with Gasteiger partial charge in [-0.1, -0.05) is 12.1 Å². The predicted molar refractivity (Wildman–Crippen MR) is 87.0 cm³/mol. The minimum atomic E-state index is -0.483. The van der Waals surface area contributed by atoms with Gasteiger partial charge in [0, 0.05) is 19.1 Å². The van der Waals surface area contributed by atoms with Gasteiger partial charge in [-0.3, -0.25) is 9.69 Å². The van der Waals surface area contributed by atoms with E-state index >= 15 is 0 Å². The average molecular weight is 322 g/mol. The number of carbonyl (C=O) groups excluding carboxylic acids is 1. The lowest BCUT2D eigenvalue weighted by Gasteiger charge is -2.28. The number of carbonyl (C=O) groups is 1. The Labute approximate surface area is 137 Å². The fourth-order valence-electron chi connectivity index (χ4n) is 2.82. The van der Waals surface area contributed by atoms with Gasteiger partial charge in [0.25, 0.3) is 0 Å². The van der Waals surface area contributed by atoms with Crippen LogP contribution in [0.1, 0.15) is 37.8 Å². The van der Waals surface area contributed by atoms with Crippen molar-refractivity contribution >= 4 is 5.91 Å². The summed E-state index contributed by atoms with van der Waals surface area (Å²) in [5.74, 6) is 0.418.